The number of carbonyl (C=O) groups excluding carboxylic acids is 1. The maximum absolute atomic E-state index is 12.6. The molecule has 0 aliphatic rings. The Bertz CT molecular complexity index is 1290. The van der Waals surface area contributed by atoms with E-state index >= 15 is 0 Å². The number of aliphatic hydroxyl groups excluding tert-OH is 1. The van der Waals surface area contributed by atoms with Gasteiger partial charge in [0.25, 0.3) is 5.91 Å². The SMILES string of the molecule is CCN(CC)CC(O)CNCCNC(=O)c1cc2cc(Nc3nccc(-c4ccccn4)n3)ccc2[nH]1. The molecule has 0 aliphatic carbocycles. The van der Waals surface area contributed by atoms with Crippen molar-refractivity contribution in [2.45, 2.75) is 20.0 Å². The first kappa shape index (κ1) is 26.2. The molecular weight excluding hydrogens is 468 g/mol. The molecule has 3 aromatic heterocycles. The number of nitrogens with zero attached hydrogens (tertiary/aromatic N) is 4. The van der Waals surface area contributed by atoms with Crippen molar-refractivity contribution >= 4 is 28.4 Å². The van der Waals surface area contributed by atoms with E-state index in [1.807, 2.05) is 48.5 Å². The molecule has 3 heterocycles. The number of hydrogen-bond donors (Lipinski definition) is 5. The minimum atomic E-state index is -0.435. The molecule has 0 aliphatic heterocycles. The predicted molar refractivity (Wildman–Crippen MR) is 146 cm³/mol. The average Bonchev–Trinajstić information content (AvgIpc) is 3.36. The maximum Gasteiger partial charge on any atom is 0.267 e. The van der Waals surface area contributed by atoms with Crippen molar-refractivity contribution in [1.29, 1.82) is 0 Å². The third-order valence-electron chi connectivity index (χ3n) is 6.04. The second kappa shape index (κ2) is 12.9. The van der Waals surface area contributed by atoms with Crippen LogP contribution in [0.4, 0.5) is 11.6 Å². The summed E-state index contributed by atoms with van der Waals surface area (Å²) >= 11 is 0. The molecule has 0 fully saturated rings. The predicted octanol–water partition coefficient (Wildman–Crippen LogP) is 2.79. The zero-order chi connectivity index (χ0) is 26.0. The molecule has 194 valence electrons. The lowest BCUT2D eigenvalue weighted by Crippen LogP contribution is -2.40. The molecule has 4 aromatic rings. The third-order valence-corrected chi connectivity index (χ3v) is 6.04. The Balaban J connectivity index is 1.29. The number of benzene rings is 1. The average molecular weight is 503 g/mol. The van der Waals surface area contributed by atoms with Gasteiger partial charge < -0.3 is 30.9 Å². The van der Waals surface area contributed by atoms with Crippen molar-refractivity contribution in [3.63, 3.8) is 0 Å². The molecule has 0 spiro atoms. The van der Waals surface area contributed by atoms with Crippen molar-refractivity contribution in [3.05, 3.63) is 66.6 Å². The second-order valence-electron chi connectivity index (χ2n) is 8.69. The molecule has 10 nitrogen and oxygen atoms in total. The second-order valence-corrected chi connectivity index (χ2v) is 8.69. The number of fused-ring (bicyclic) bond motifs is 1. The summed E-state index contributed by atoms with van der Waals surface area (Å²) in [4.78, 5) is 31.2. The highest BCUT2D eigenvalue weighted by Crippen LogP contribution is 2.23. The minimum Gasteiger partial charge on any atom is -0.390 e. The van der Waals surface area contributed by atoms with E-state index in [0.29, 0.717) is 37.8 Å². The van der Waals surface area contributed by atoms with Crippen LogP contribution in [0.3, 0.4) is 0 Å². The highest BCUT2D eigenvalue weighted by Gasteiger charge is 2.11. The fourth-order valence-electron chi connectivity index (χ4n) is 4.01. The molecule has 0 bridgehead atoms. The van der Waals surface area contributed by atoms with Gasteiger partial charge in [-0.05, 0) is 55.6 Å². The van der Waals surface area contributed by atoms with Gasteiger partial charge in [0.1, 0.15) is 5.69 Å². The first-order valence-electron chi connectivity index (χ1n) is 12.6. The van der Waals surface area contributed by atoms with Crippen molar-refractivity contribution in [2.75, 3.05) is 44.6 Å². The molecule has 0 radical (unpaired) electrons. The zero-order valence-electron chi connectivity index (χ0n) is 21.2. The molecule has 5 N–H and O–H groups in total. The van der Waals surface area contributed by atoms with Crippen LogP contribution in [0.1, 0.15) is 24.3 Å². The number of pyridine rings is 1. The smallest absolute Gasteiger partial charge is 0.267 e. The van der Waals surface area contributed by atoms with Crippen LogP contribution in [0.5, 0.6) is 0 Å². The van der Waals surface area contributed by atoms with Crippen molar-refractivity contribution in [2.24, 2.45) is 0 Å². The number of amides is 1. The van der Waals surface area contributed by atoms with Gasteiger partial charge >= 0.3 is 0 Å². The Morgan fingerprint density at radius 3 is 2.68 bits per heavy atom. The lowest BCUT2D eigenvalue weighted by Gasteiger charge is -2.22. The Labute approximate surface area is 216 Å². The molecule has 0 saturated heterocycles. The molecule has 1 unspecified atom stereocenters. The first-order valence-corrected chi connectivity index (χ1v) is 12.6. The van der Waals surface area contributed by atoms with Crippen LogP contribution in [-0.2, 0) is 0 Å². The molecule has 1 atom stereocenters. The summed E-state index contributed by atoms with van der Waals surface area (Å²) in [6, 6.07) is 15.1. The third kappa shape index (κ3) is 7.32. The van der Waals surface area contributed by atoms with E-state index in [0.717, 1.165) is 41.1 Å². The molecule has 10 heteroatoms. The van der Waals surface area contributed by atoms with Gasteiger partial charge in [-0.25, -0.2) is 9.97 Å². The van der Waals surface area contributed by atoms with Gasteiger partial charge in [-0.2, -0.15) is 0 Å². The van der Waals surface area contributed by atoms with Gasteiger partial charge in [-0.1, -0.05) is 19.9 Å². The number of rotatable bonds is 13. The molecule has 1 aromatic carbocycles. The van der Waals surface area contributed by atoms with Gasteiger partial charge in [-0.3, -0.25) is 9.78 Å². The summed E-state index contributed by atoms with van der Waals surface area (Å²) in [5.74, 6) is 0.285. The van der Waals surface area contributed by atoms with Crippen molar-refractivity contribution in [1.82, 2.24) is 35.5 Å². The highest BCUT2D eigenvalue weighted by atomic mass is 16.3. The number of carbonyl (C=O) groups is 1. The fraction of sp³-hybridized carbons (Fsp3) is 0.333. The number of aliphatic hydroxyl groups is 1. The number of aromatic amines is 1. The number of H-pyrrole nitrogens is 1. The van der Waals surface area contributed by atoms with E-state index in [4.69, 9.17) is 0 Å². The van der Waals surface area contributed by atoms with Crippen molar-refractivity contribution in [3.8, 4) is 11.4 Å². The van der Waals surface area contributed by atoms with Gasteiger partial charge in [0, 0.05) is 55.2 Å². The van der Waals surface area contributed by atoms with Gasteiger partial charge in [-0.15, -0.1) is 0 Å². The van der Waals surface area contributed by atoms with Crippen molar-refractivity contribution < 1.29 is 9.90 Å². The quantitative estimate of drug-likeness (QED) is 0.176. The van der Waals surface area contributed by atoms with E-state index in [9.17, 15) is 9.90 Å². The van der Waals surface area contributed by atoms with E-state index in [-0.39, 0.29) is 5.91 Å². The molecule has 37 heavy (non-hydrogen) atoms. The zero-order valence-corrected chi connectivity index (χ0v) is 21.2. The topological polar surface area (TPSA) is 131 Å². The summed E-state index contributed by atoms with van der Waals surface area (Å²) in [5, 5.41) is 20.3. The molecule has 4 rings (SSSR count). The number of aromatic nitrogens is 4. The van der Waals surface area contributed by atoms with Crippen LogP contribution in [0.15, 0.2) is 60.9 Å². The van der Waals surface area contributed by atoms with E-state index < -0.39 is 6.10 Å². The van der Waals surface area contributed by atoms with Crippen LogP contribution in [0, 0.1) is 0 Å². The minimum absolute atomic E-state index is 0.178. The van der Waals surface area contributed by atoms with Gasteiger partial charge in [0.15, 0.2) is 0 Å². The Hall–Kier alpha value is -3.86. The maximum atomic E-state index is 12.6. The summed E-state index contributed by atoms with van der Waals surface area (Å²) < 4.78 is 0. The van der Waals surface area contributed by atoms with Crippen LogP contribution < -0.4 is 16.0 Å². The summed E-state index contributed by atoms with van der Waals surface area (Å²) in [6.45, 7) is 8.16. The van der Waals surface area contributed by atoms with E-state index in [1.54, 1.807) is 12.4 Å². The van der Waals surface area contributed by atoms with Crippen LogP contribution >= 0.6 is 0 Å². The van der Waals surface area contributed by atoms with E-state index in [2.05, 4.69) is 54.6 Å². The first-order chi connectivity index (χ1) is 18.1. The fourth-order valence-corrected chi connectivity index (χ4v) is 4.01. The van der Waals surface area contributed by atoms with Gasteiger partial charge in [0.05, 0.1) is 17.5 Å². The van der Waals surface area contributed by atoms with Gasteiger partial charge in [0.2, 0.25) is 5.95 Å². The van der Waals surface area contributed by atoms with Crippen LogP contribution in [-0.4, -0.2) is 81.2 Å². The summed E-state index contributed by atoms with van der Waals surface area (Å²) in [5.41, 5.74) is 3.66. The lowest BCUT2D eigenvalue weighted by atomic mass is 10.2. The lowest BCUT2D eigenvalue weighted by molar-refractivity contribution is 0.0948. The largest absolute Gasteiger partial charge is 0.390 e. The molecule has 1 amide bonds. The van der Waals surface area contributed by atoms with Crippen LogP contribution in [0.2, 0.25) is 0 Å². The van der Waals surface area contributed by atoms with Crippen LogP contribution in [0.25, 0.3) is 22.3 Å². The number of hydrogen-bond acceptors (Lipinski definition) is 8. The standard InChI is InChI=1S/C27H34N8O2/c1-3-35(4-2)18-21(36)17-28-13-14-30-26(37)25-16-19-15-20(8-9-22(19)33-25)32-27-31-12-10-24(34-27)23-7-5-6-11-29-23/h5-12,15-16,21,28,33,36H,3-4,13-14,17-18H2,1-2H3,(H,30,37)(H,31,32,34). The summed E-state index contributed by atoms with van der Waals surface area (Å²) in [7, 11) is 0. The number of nitrogens with one attached hydrogen (secondary N) is 4. The monoisotopic (exact) mass is 502 g/mol. The van der Waals surface area contributed by atoms with E-state index in [1.165, 1.54) is 0 Å². The Morgan fingerprint density at radius 1 is 1.03 bits per heavy atom. The molecule has 0 saturated carbocycles. The number of likely N-dealkylation sites (N-methyl/N-ethyl adjacent to an activating group) is 1. The highest BCUT2D eigenvalue weighted by molar-refractivity contribution is 5.98. The Kier molecular flexibility index (Phi) is 9.14. The number of anilines is 2. The molecular formula is C27H34N8O2. The summed E-state index contributed by atoms with van der Waals surface area (Å²) in [6.07, 6.45) is 2.99. The Morgan fingerprint density at radius 2 is 1.89 bits per heavy atom. The normalized spacial score (nSPS) is 12.1.